The van der Waals surface area contributed by atoms with Gasteiger partial charge < -0.3 is 15.1 Å². The second kappa shape index (κ2) is 13.1. The molecule has 2 unspecified atom stereocenters. The minimum absolute atomic E-state index is 0.279. The zero-order valence-electron chi connectivity index (χ0n) is 25.3. The molecule has 0 bridgehead atoms. The van der Waals surface area contributed by atoms with Crippen LogP contribution in [0.15, 0.2) is 58.5 Å². The number of halogens is 2. The zero-order chi connectivity index (χ0) is 30.7. The van der Waals surface area contributed by atoms with Crippen molar-refractivity contribution in [2.45, 2.75) is 51.6 Å². The van der Waals surface area contributed by atoms with E-state index in [1.807, 2.05) is 37.7 Å². The number of hydrogen-bond acceptors (Lipinski definition) is 6. The predicted octanol–water partition coefficient (Wildman–Crippen LogP) is 5.86. The summed E-state index contributed by atoms with van der Waals surface area (Å²) in [6, 6.07) is 8.51. The summed E-state index contributed by atoms with van der Waals surface area (Å²) in [5.74, 6) is -0.247. The van der Waals surface area contributed by atoms with Gasteiger partial charge in [0.25, 0.3) is 5.56 Å². The van der Waals surface area contributed by atoms with Gasteiger partial charge in [-0.25, -0.2) is 8.78 Å². The van der Waals surface area contributed by atoms with Crippen LogP contribution in [-0.4, -0.2) is 51.0 Å². The van der Waals surface area contributed by atoms with E-state index in [0.29, 0.717) is 34.6 Å². The maximum Gasteiger partial charge on any atom is 0.259 e. The van der Waals surface area contributed by atoms with Gasteiger partial charge >= 0.3 is 0 Å². The van der Waals surface area contributed by atoms with Gasteiger partial charge in [-0.3, -0.25) is 18.3 Å². The Morgan fingerprint density at radius 3 is 2.21 bits per heavy atom. The summed E-state index contributed by atoms with van der Waals surface area (Å²) < 4.78 is 44.4. The summed E-state index contributed by atoms with van der Waals surface area (Å²) in [5, 5.41) is 8.64. The molecule has 5 rings (SSSR count). The highest BCUT2D eigenvalue weighted by molar-refractivity contribution is 7.84. The van der Waals surface area contributed by atoms with Crippen molar-refractivity contribution in [1.29, 1.82) is 0 Å². The lowest BCUT2D eigenvalue weighted by Crippen LogP contribution is -2.47. The van der Waals surface area contributed by atoms with Gasteiger partial charge in [-0.05, 0) is 68.1 Å². The first kappa shape index (κ1) is 31.2. The molecular weight excluding hydrogens is 558 g/mol. The van der Waals surface area contributed by atoms with Crippen molar-refractivity contribution in [3.05, 3.63) is 76.3 Å². The van der Waals surface area contributed by atoms with Crippen LogP contribution >= 0.6 is 0 Å². The van der Waals surface area contributed by atoms with Crippen molar-refractivity contribution in [2.75, 3.05) is 47.6 Å². The lowest BCUT2D eigenvalue weighted by Gasteiger charge is -2.37. The molecule has 2 aromatic carbocycles. The van der Waals surface area contributed by atoms with Gasteiger partial charge in [0.1, 0.15) is 17.5 Å². The molecule has 1 aliphatic heterocycles. The fraction of sp³-hybridized carbons (Fsp3) is 0.419. The second-order valence-electron chi connectivity index (χ2n) is 10.5. The third-order valence-electron chi connectivity index (χ3n) is 7.51. The summed E-state index contributed by atoms with van der Waals surface area (Å²) >= 11 is 0. The minimum atomic E-state index is -1.43. The van der Waals surface area contributed by atoms with Gasteiger partial charge in [-0.1, -0.05) is 13.8 Å². The van der Waals surface area contributed by atoms with Gasteiger partial charge in [-0.2, -0.15) is 5.10 Å². The normalized spacial score (nSPS) is 15.0. The largest absolute Gasteiger partial charge is 0.378 e. The number of rotatable bonds is 7. The molecule has 1 fully saturated rings. The van der Waals surface area contributed by atoms with Crippen LogP contribution in [0.4, 0.5) is 26.0 Å². The SMILES string of the molecule is CC.CC(Nc1ccc(F)cc1S(C)=O)c1cc(F)cc2c(=O)n(C)c(N3CCN(c4cnn(C(C)C)c4)CC3)cc12. The molecule has 1 N–H and O–H groups in total. The summed E-state index contributed by atoms with van der Waals surface area (Å²) in [7, 11) is 0.279. The Bertz CT molecular complexity index is 1640. The Labute approximate surface area is 248 Å². The molecule has 3 heterocycles. The number of nitrogens with one attached hydrogen (secondary N) is 1. The predicted molar refractivity (Wildman–Crippen MR) is 168 cm³/mol. The van der Waals surface area contributed by atoms with Crippen molar-refractivity contribution in [3.63, 3.8) is 0 Å². The maximum atomic E-state index is 14.8. The lowest BCUT2D eigenvalue weighted by molar-refractivity contribution is 0.532. The Balaban J connectivity index is 0.00000198. The molecule has 0 saturated carbocycles. The highest BCUT2D eigenvalue weighted by Crippen LogP contribution is 2.32. The number of hydrogen-bond donors (Lipinski definition) is 1. The quantitative estimate of drug-likeness (QED) is 0.287. The van der Waals surface area contributed by atoms with Crippen LogP contribution in [0.2, 0.25) is 0 Å². The number of nitrogens with zero attached hydrogens (tertiary/aromatic N) is 5. The first-order valence-corrected chi connectivity index (χ1v) is 15.9. The van der Waals surface area contributed by atoms with E-state index in [-0.39, 0.29) is 17.0 Å². The smallest absolute Gasteiger partial charge is 0.259 e. The van der Waals surface area contributed by atoms with Crippen molar-refractivity contribution >= 4 is 38.8 Å². The molecule has 0 radical (unpaired) electrons. The Morgan fingerprint density at radius 1 is 0.929 bits per heavy atom. The molecular formula is C31H40F2N6O2S. The highest BCUT2D eigenvalue weighted by atomic mass is 32.2. The Kier molecular flexibility index (Phi) is 9.71. The summed E-state index contributed by atoms with van der Waals surface area (Å²) in [4.78, 5) is 18.2. The maximum absolute atomic E-state index is 14.8. The van der Waals surface area contributed by atoms with E-state index >= 15 is 0 Å². The molecule has 226 valence electrons. The first-order chi connectivity index (χ1) is 20.0. The van der Waals surface area contributed by atoms with E-state index in [0.717, 1.165) is 24.6 Å². The van der Waals surface area contributed by atoms with Crippen LogP contribution in [-0.2, 0) is 17.8 Å². The molecule has 1 aliphatic rings. The van der Waals surface area contributed by atoms with E-state index in [9.17, 15) is 17.8 Å². The fourth-order valence-corrected chi connectivity index (χ4v) is 6.00. The summed E-state index contributed by atoms with van der Waals surface area (Å²) in [6.07, 6.45) is 5.42. The fourth-order valence-electron chi connectivity index (χ4n) is 5.28. The van der Waals surface area contributed by atoms with Crippen LogP contribution in [0.1, 0.15) is 52.3 Å². The average molecular weight is 599 g/mol. The number of fused-ring (bicyclic) bond motifs is 1. The molecule has 2 atom stereocenters. The molecule has 1 saturated heterocycles. The second-order valence-corrected chi connectivity index (χ2v) is 11.9. The molecule has 0 amide bonds. The molecule has 2 aromatic heterocycles. The lowest BCUT2D eigenvalue weighted by atomic mass is 9.99. The van der Waals surface area contributed by atoms with E-state index in [2.05, 4.69) is 40.3 Å². The summed E-state index contributed by atoms with van der Waals surface area (Å²) in [5.41, 5.74) is 1.88. The number of benzene rings is 2. The number of piperazine rings is 1. The van der Waals surface area contributed by atoms with Gasteiger partial charge in [0.2, 0.25) is 0 Å². The molecule has 8 nitrogen and oxygen atoms in total. The monoisotopic (exact) mass is 598 g/mol. The standard InChI is InChI=1S/C29H34F2N6O2S.C2H6/c1-18(2)37-17-22(16-32-37)35-8-10-36(11-9-35)28-15-24-23(12-21(31)13-25(24)29(38)34(28)4)19(3)33-26-7-6-20(30)14-27(26)40(5)39;1-2/h6-7,12-19,33H,8-11H2,1-5H3;1-2H3. The highest BCUT2D eigenvalue weighted by Gasteiger charge is 2.23. The first-order valence-electron chi connectivity index (χ1n) is 14.3. The van der Waals surface area contributed by atoms with Gasteiger partial charge in [0, 0.05) is 57.8 Å². The van der Waals surface area contributed by atoms with Gasteiger partial charge in [0.15, 0.2) is 0 Å². The molecule has 11 heteroatoms. The van der Waals surface area contributed by atoms with E-state index in [4.69, 9.17) is 0 Å². The molecule has 0 aliphatic carbocycles. The molecule has 0 spiro atoms. The van der Waals surface area contributed by atoms with Gasteiger partial charge in [-0.15, -0.1) is 0 Å². The third kappa shape index (κ3) is 6.35. The van der Waals surface area contributed by atoms with Crippen molar-refractivity contribution in [1.82, 2.24) is 14.3 Å². The molecule has 4 aromatic rings. The van der Waals surface area contributed by atoms with Crippen LogP contribution in [0.3, 0.4) is 0 Å². The Hall–Kier alpha value is -3.73. The Morgan fingerprint density at radius 2 is 1.60 bits per heavy atom. The minimum Gasteiger partial charge on any atom is -0.378 e. The van der Waals surface area contributed by atoms with Crippen LogP contribution in [0.25, 0.3) is 10.8 Å². The van der Waals surface area contributed by atoms with Crippen molar-refractivity contribution < 1.29 is 13.0 Å². The molecule has 42 heavy (non-hydrogen) atoms. The summed E-state index contributed by atoms with van der Waals surface area (Å²) in [6.45, 7) is 13.0. The zero-order valence-corrected chi connectivity index (χ0v) is 26.1. The number of anilines is 3. The number of aromatic nitrogens is 3. The van der Waals surface area contributed by atoms with E-state index in [1.54, 1.807) is 11.6 Å². The van der Waals surface area contributed by atoms with Crippen LogP contribution in [0.5, 0.6) is 0 Å². The third-order valence-corrected chi connectivity index (χ3v) is 8.46. The van der Waals surface area contributed by atoms with E-state index in [1.165, 1.54) is 36.6 Å². The number of pyridine rings is 1. The van der Waals surface area contributed by atoms with Crippen molar-refractivity contribution in [2.24, 2.45) is 7.05 Å². The van der Waals surface area contributed by atoms with Crippen LogP contribution in [0, 0.1) is 11.6 Å². The van der Waals surface area contributed by atoms with Crippen LogP contribution < -0.4 is 20.7 Å². The van der Waals surface area contributed by atoms with Gasteiger partial charge in [0.05, 0.1) is 38.7 Å². The average Bonchev–Trinajstić information content (AvgIpc) is 3.48. The van der Waals surface area contributed by atoms with E-state index < -0.39 is 28.5 Å². The topological polar surface area (TPSA) is 75.4 Å². The van der Waals surface area contributed by atoms with Crippen molar-refractivity contribution in [3.8, 4) is 0 Å².